The molecule has 0 aliphatic carbocycles. The van der Waals surface area contributed by atoms with E-state index in [9.17, 15) is 18.0 Å². The van der Waals surface area contributed by atoms with Crippen LogP contribution in [0.15, 0.2) is 35.1 Å². The standard InChI is InChI=1S/C15H16F3N5O/c1-2-4-10-8-12(24)22-14(21-10)23-13(19)20-11-6-3-5-9(7-11)15(16,17)18/h3,5-8H,2,4H2,1H3,(H4,19,20,21,22,23,24)/p+1. The maximum absolute atomic E-state index is 12.7. The van der Waals surface area contributed by atoms with E-state index in [1.807, 2.05) is 6.92 Å². The molecule has 0 fully saturated rings. The van der Waals surface area contributed by atoms with Crippen molar-refractivity contribution in [3.63, 3.8) is 0 Å². The molecule has 0 amide bonds. The molecule has 2 aromatic rings. The largest absolute Gasteiger partial charge is 0.416 e. The van der Waals surface area contributed by atoms with Crippen LogP contribution < -0.4 is 21.6 Å². The zero-order chi connectivity index (χ0) is 17.7. The van der Waals surface area contributed by atoms with E-state index in [2.05, 4.69) is 20.3 Å². The third-order valence-electron chi connectivity index (χ3n) is 3.02. The second-order valence-electron chi connectivity index (χ2n) is 5.08. The molecule has 2 rings (SSSR count). The number of guanidine groups is 1. The lowest BCUT2D eigenvalue weighted by Gasteiger charge is -2.08. The predicted octanol–water partition coefficient (Wildman–Crippen LogP) is 0.880. The van der Waals surface area contributed by atoms with Crippen molar-refractivity contribution in [1.29, 1.82) is 0 Å². The van der Waals surface area contributed by atoms with E-state index in [-0.39, 0.29) is 23.2 Å². The summed E-state index contributed by atoms with van der Waals surface area (Å²) in [5.74, 6) is 0.0500. The summed E-state index contributed by atoms with van der Waals surface area (Å²) < 4.78 is 38.0. The molecule has 1 aromatic heterocycles. The van der Waals surface area contributed by atoms with Gasteiger partial charge in [0.05, 0.1) is 16.9 Å². The van der Waals surface area contributed by atoms with Crippen LogP contribution in [0.2, 0.25) is 0 Å². The number of anilines is 1. The van der Waals surface area contributed by atoms with E-state index in [0.717, 1.165) is 18.6 Å². The summed E-state index contributed by atoms with van der Waals surface area (Å²) in [5, 5.41) is 2.60. The van der Waals surface area contributed by atoms with E-state index in [0.29, 0.717) is 12.1 Å². The van der Waals surface area contributed by atoms with Crippen LogP contribution in [-0.2, 0) is 12.6 Å². The van der Waals surface area contributed by atoms with Gasteiger partial charge in [0.1, 0.15) is 0 Å². The van der Waals surface area contributed by atoms with E-state index < -0.39 is 11.7 Å². The lowest BCUT2D eigenvalue weighted by atomic mass is 10.2. The smallest absolute Gasteiger partial charge is 0.322 e. The predicted molar refractivity (Wildman–Crippen MR) is 83.7 cm³/mol. The Kier molecular flexibility index (Phi) is 5.22. The topological polar surface area (TPSA) is 97.8 Å². The Labute approximate surface area is 135 Å². The molecular formula is C15H17F3N5O+. The normalized spacial score (nSPS) is 12.2. The third-order valence-corrected chi connectivity index (χ3v) is 3.02. The molecule has 0 aliphatic rings. The molecule has 1 aromatic carbocycles. The second-order valence-corrected chi connectivity index (χ2v) is 5.08. The van der Waals surface area contributed by atoms with Crippen LogP contribution in [0.4, 0.5) is 24.8 Å². The molecule has 0 bridgehead atoms. The van der Waals surface area contributed by atoms with Crippen molar-refractivity contribution in [2.45, 2.75) is 25.9 Å². The minimum Gasteiger partial charge on any atom is -0.322 e. The van der Waals surface area contributed by atoms with E-state index in [1.165, 1.54) is 18.2 Å². The van der Waals surface area contributed by atoms with Crippen molar-refractivity contribution >= 4 is 17.6 Å². The highest BCUT2D eigenvalue weighted by Crippen LogP contribution is 2.30. The number of H-pyrrole nitrogens is 1. The zero-order valence-corrected chi connectivity index (χ0v) is 12.9. The Bertz CT molecular complexity index is 798. The summed E-state index contributed by atoms with van der Waals surface area (Å²) in [6.07, 6.45) is -3.00. The van der Waals surface area contributed by atoms with Gasteiger partial charge in [-0.15, -0.1) is 4.98 Å². The highest BCUT2D eigenvalue weighted by atomic mass is 19.4. The Morgan fingerprint density at radius 2 is 2.12 bits per heavy atom. The van der Waals surface area contributed by atoms with Crippen molar-refractivity contribution in [2.24, 2.45) is 5.73 Å². The first-order valence-electron chi connectivity index (χ1n) is 7.22. The Morgan fingerprint density at radius 3 is 2.79 bits per heavy atom. The number of nitrogens with two attached hydrogens (primary N) is 1. The van der Waals surface area contributed by atoms with Gasteiger partial charge in [-0.1, -0.05) is 13.0 Å². The van der Waals surface area contributed by atoms with Gasteiger partial charge in [-0.3, -0.25) is 10.1 Å². The second kappa shape index (κ2) is 7.16. The molecule has 9 heteroatoms. The molecule has 6 nitrogen and oxygen atoms in total. The Hall–Kier alpha value is -2.84. The molecule has 128 valence electrons. The molecule has 0 radical (unpaired) electrons. The highest BCUT2D eigenvalue weighted by Gasteiger charge is 2.30. The van der Waals surface area contributed by atoms with Crippen LogP contribution in [0.3, 0.4) is 0 Å². The van der Waals surface area contributed by atoms with Gasteiger partial charge in [-0.25, -0.2) is 9.98 Å². The zero-order valence-electron chi connectivity index (χ0n) is 12.9. The van der Waals surface area contributed by atoms with Crippen LogP contribution in [0.1, 0.15) is 24.6 Å². The average molecular weight is 340 g/mol. The fourth-order valence-electron chi connectivity index (χ4n) is 2.04. The first-order valence-corrected chi connectivity index (χ1v) is 7.22. The number of rotatable bonds is 4. The maximum Gasteiger partial charge on any atom is 0.416 e. The van der Waals surface area contributed by atoms with Gasteiger partial charge in [0, 0.05) is 6.07 Å². The first kappa shape index (κ1) is 17.5. The summed E-state index contributed by atoms with van der Waals surface area (Å²) in [4.78, 5) is 20.8. The summed E-state index contributed by atoms with van der Waals surface area (Å²) >= 11 is 0. The summed E-state index contributed by atoms with van der Waals surface area (Å²) in [6, 6.07) is 5.97. The molecule has 0 aliphatic heterocycles. The number of benzene rings is 1. The number of nitrogens with one attached hydrogen (secondary N) is 3. The van der Waals surface area contributed by atoms with Crippen molar-refractivity contribution in [3.8, 4) is 0 Å². The first-order chi connectivity index (χ1) is 11.3. The van der Waals surface area contributed by atoms with Crippen molar-refractivity contribution < 1.29 is 18.2 Å². The number of aromatic nitrogens is 2. The minimum atomic E-state index is -4.44. The van der Waals surface area contributed by atoms with Crippen molar-refractivity contribution in [2.75, 3.05) is 5.32 Å². The number of aryl methyl sites for hydroxylation is 1. The average Bonchev–Trinajstić information content (AvgIpc) is 2.46. The fraction of sp³-hybridized carbons (Fsp3) is 0.267. The van der Waals surface area contributed by atoms with Crippen LogP contribution in [0.5, 0.6) is 0 Å². The van der Waals surface area contributed by atoms with Gasteiger partial charge in [0.15, 0.2) is 0 Å². The summed E-state index contributed by atoms with van der Waals surface area (Å²) in [5.41, 5.74) is 5.33. The minimum absolute atomic E-state index is 0.0638. The van der Waals surface area contributed by atoms with E-state index in [1.54, 1.807) is 0 Å². The van der Waals surface area contributed by atoms with Crippen LogP contribution >= 0.6 is 0 Å². The van der Waals surface area contributed by atoms with Gasteiger partial charge < -0.3 is 5.73 Å². The van der Waals surface area contributed by atoms with Gasteiger partial charge in [-0.05, 0) is 31.0 Å². The quantitative estimate of drug-likeness (QED) is 0.491. The highest BCUT2D eigenvalue weighted by molar-refractivity contribution is 5.88. The molecule has 0 spiro atoms. The number of hydrogen-bond donors (Lipinski definition) is 4. The molecule has 0 saturated carbocycles. The van der Waals surface area contributed by atoms with Gasteiger partial charge in [0.25, 0.3) is 11.5 Å². The SMILES string of the molecule is CCCc1cc(=O)[nH]c([NH+]=C(N)Nc2cccc(C(F)(F)F)c2)n1. The van der Waals surface area contributed by atoms with Crippen LogP contribution in [0.25, 0.3) is 0 Å². The lowest BCUT2D eigenvalue weighted by Crippen LogP contribution is -2.73. The molecule has 0 unspecified atom stereocenters. The number of nitrogens with zero attached hydrogens (tertiary/aromatic N) is 1. The van der Waals surface area contributed by atoms with Crippen LogP contribution in [0, 0.1) is 0 Å². The fourth-order valence-corrected chi connectivity index (χ4v) is 2.04. The number of aromatic amines is 1. The lowest BCUT2D eigenvalue weighted by molar-refractivity contribution is -0.365. The van der Waals surface area contributed by atoms with Crippen molar-refractivity contribution in [3.05, 3.63) is 51.9 Å². The summed E-state index contributed by atoms with van der Waals surface area (Å²) in [7, 11) is 0. The third kappa shape index (κ3) is 4.83. The molecule has 0 saturated heterocycles. The van der Waals surface area contributed by atoms with Gasteiger partial charge in [-0.2, -0.15) is 13.2 Å². The van der Waals surface area contributed by atoms with E-state index >= 15 is 0 Å². The molecule has 0 atom stereocenters. The number of alkyl halides is 3. The Morgan fingerprint density at radius 1 is 1.38 bits per heavy atom. The number of hydrogen-bond acceptors (Lipinski definition) is 2. The Balaban J connectivity index is 2.22. The van der Waals surface area contributed by atoms with Gasteiger partial charge in [0.2, 0.25) is 0 Å². The van der Waals surface area contributed by atoms with E-state index in [4.69, 9.17) is 5.73 Å². The van der Waals surface area contributed by atoms with Gasteiger partial charge >= 0.3 is 12.1 Å². The van der Waals surface area contributed by atoms with Crippen LogP contribution in [-0.4, -0.2) is 15.9 Å². The monoisotopic (exact) mass is 340 g/mol. The van der Waals surface area contributed by atoms with Crippen molar-refractivity contribution in [1.82, 2.24) is 9.97 Å². The molecule has 1 heterocycles. The summed E-state index contributed by atoms with van der Waals surface area (Å²) in [6.45, 7) is 1.95. The molecule has 24 heavy (non-hydrogen) atoms. The maximum atomic E-state index is 12.7. The molecular weight excluding hydrogens is 323 g/mol. The number of halogens is 3. The molecule has 5 N–H and O–H groups in total.